The molecule has 0 N–H and O–H groups in total. The number of hydrogen-bond acceptors (Lipinski definition) is 4. The van der Waals surface area contributed by atoms with Crippen LogP contribution >= 0.6 is 27.3 Å². The molecule has 1 saturated carbocycles. The largest absolute Gasteiger partial charge is 0.330 e. The van der Waals surface area contributed by atoms with Gasteiger partial charge in [0, 0.05) is 29.1 Å². The van der Waals surface area contributed by atoms with Crippen molar-refractivity contribution in [3.63, 3.8) is 0 Å². The first-order valence-corrected chi connectivity index (χ1v) is 10.2. The highest BCUT2D eigenvalue weighted by Crippen LogP contribution is 2.40. The van der Waals surface area contributed by atoms with Gasteiger partial charge in [0.1, 0.15) is 10.3 Å². The molecule has 25 heavy (non-hydrogen) atoms. The van der Waals surface area contributed by atoms with Crippen molar-refractivity contribution in [2.75, 3.05) is 6.54 Å². The highest BCUT2D eigenvalue weighted by Gasteiger charge is 2.32. The lowest BCUT2D eigenvalue weighted by atomic mass is 10.0. The number of carbonyl (C=O) groups is 1. The summed E-state index contributed by atoms with van der Waals surface area (Å²) in [7, 11) is 0. The summed E-state index contributed by atoms with van der Waals surface area (Å²) in [6.07, 6.45) is 3.24. The molecule has 1 amide bonds. The number of carbonyl (C=O) groups excluding carboxylic acids is 1. The number of amides is 1. The summed E-state index contributed by atoms with van der Waals surface area (Å²) in [6.45, 7) is 2.86. The first-order valence-electron chi connectivity index (χ1n) is 8.55. The number of nitrogens with zero attached hydrogens (tertiary/aromatic N) is 4. The van der Waals surface area contributed by atoms with Crippen LogP contribution in [0, 0.1) is 0 Å². The fraction of sp³-hybridized carbons (Fsp3) is 0.389. The van der Waals surface area contributed by atoms with E-state index in [1.54, 1.807) is 11.3 Å². The van der Waals surface area contributed by atoms with E-state index in [0.29, 0.717) is 11.6 Å². The summed E-state index contributed by atoms with van der Waals surface area (Å²) in [5, 5.41) is 6.59. The van der Waals surface area contributed by atoms with Crippen LogP contribution in [0.2, 0.25) is 0 Å². The quantitative estimate of drug-likeness (QED) is 0.628. The van der Waals surface area contributed by atoms with E-state index in [1.807, 2.05) is 21.5 Å². The van der Waals surface area contributed by atoms with Crippen LogP contribution in [-0.4, -0.2) is 31.9 Å². The third-order valence-corrected chi connectivity index (χ3v) is 6.56. The molecule has 1 aliphatic carbocycles. The maximum Gasteiger partial charge on any atom is 0.273 e. The van der Waals surface area contributed by atoms with Crippen molar-refractivity contribution < 1.29 is 4.79 Å². The Kier molecular flexibility index (Phi) is 3.50. The van der Waals surface area contributed by atoms with Crippen molar-refractivity contribution in [2.45, 2.75) is 38.1 Å². The highest BCUT2D eigenvalue weighted by atomic mass is 79.9. The van der Waals surface area contributed by atoms with Crippen LogP contribution in [0.1, 0.15) is 58.3 Å². The van der Waals surface area contributed by atoms with E-state index >= 15 is 0 Å². The van der Waals surface area contributed by atoms with Crippen molar-refractivity contribution in [2.24, 2.45) is 0 Å². The van der Waals surface area contributed by atoms with Crippen LogP contribution in [0.15, 0.2) is 28.2 Å². The Bertz CT molecular complexity index is 990. The molecule has 3 aromatic heterocycles. The summed E-state index contributed by atoms with van der Waals surface area (Å²) in [4.78, 5) is 21.2. The van der Waals surface area contributed by atoms with Crippen molar-refractivity contribution in [1.29, 1.82) is 0 Å². The van der Waals surface area contributed by atoms with Crippen LogP contribution in [0.3, 0.4) is 0 Å². The molecule has 0 saturated heterocycles. The topological polar surface area (TPSA) is 50.5 Å². The molecule has 2 aliphatic rings. The Hall–Kier alpha value is -1.73. The second-order valence-electron chi connectivity index (χ2n) is 6.80. The number of aromatic nitrogens is 3. The van der Waals surface area contributed by atoms with Crippen LogP contribution in [0.5, 0.6) is 0 Å². The van der Waals surface area contributed by atoms with E-state index in [0.717, 1.165) is 41.8 Å². The fourth-order valence-electron chi connectivity index (χ4n) is 3.68. The monoisotopic (exact) mass is 416 g/mol. The molecule has 5 nitrogen and oxygen atoms in total. The number of halogens is 1. The third kappa shape index (κ3) is 2.52. The lowest BCUT2D eigenvalue weighted by Gasteiger charge is -2.33. The van der Waals surface area contributed by atoms with Crippen LogP contribution < -0.4 is 0 Å². The molecule has 0 spiro atoms. The van der Waals surface area contributed by atoms with E-state index in [2.05, 4.69) is 44.4 Å². The van der Waals surface area contributed by atoms with Crippen molar-refractivity contribution in [1.82, 2.24) is 19.5 Å². The molecule has 0 unspecified atom stereocenters. The number of rotatable bonds is 2. The van der Waals surface area contributed by atoms with Gasteiger partial charge in [0.25, 0.3) is 5.91 Å². The Labute approximate surface area is 157 Å². The first-order chi connectivity index (χ1) is 12.1. The minimum atomic E-state index is 0.0195. The second kappa shape index (κ2) is 5.64. The summed E-state index contributed by atoms with van der Waals surface area (Å²) in [5.41, 5.74) is 3.65. The van der Waals surface area contributed by atoms with Gasteiger partial charge in [-0.1, -0.05) is 0 Å². The maximum absolute atomic E-state index is 13.2. The lowest BCUT2D eigenvalue weighted by Crippen LogP contribution is -2.38. The van der Waals surface area contributed by atoms with Gasteiger partial charge < -0.3 is 4.90 Å². The van der Waals surface area contributed by atoms with E-state index in [1.165, 1.54) is 10.4 Å². The lowest BCUT2D eigenvalue weighted by molar-refractivity contribution is 0.0673. The summed E-state index contributed by atoms with van der Waals surface area (Å²) < 4.78 is 2.62. The van der Waals surface area contributed by atoms with Crippen LogP contribution in [-0.2, 0) is 6.42 Å². The molecule has 5 rings (SSSR count). The van der Waals surface area contributed by atoms with Gasteiger partial charge in [-0.05, 0) is 65.2 Å². The SMILES string of the molecule is C[C@@H]1c2ccsc2CCN1C(=O)c1cc(C2CC2)n2nc(Br)cc2n1. The minimum Gasteiger partial charge on any atom is -0.330 e. The van der Waals surface area contributed by atoms with Gasteiger partial charge in [0.2, 0.25) is 0 Å². The average molecular weight is 417 g/mol. The zero-order valence-electron chi connectivity index (χ0n) is 13.8. The van der Waals surface area contributed by atoms with Crippen LogP contribution in [0.4, 0.5) is 0 Å². The maximum atomic E-state index is 13.2. The number of thiophene rings is 1. The van der Waals surface area contributed by atoms with Gasteiger partial charge >= 0.3 is 0 Å². The normalized spacial score (nSPS) is 20.1. The molecule has 7 heteroatoms. The molecular weight excluding hydrogens is 400 g/mol. The van der Waals surface area contributed by atoms with E-state index in [9.17, 15) is 4.79 Å². The molecule has 0 aromatic carbocycles. The van der Waals surface area contributed by atoms with Gasteiger partial charge in [0.05, 0.1) is 6.04 Å². The van der Waals surface area contributed by atoms with Crippen LogP contribution in [0.25, 0.3) is 5.65 Å². The molecule has 0 bridgehead atoms. The molecular formula is C18H17BrN4OS. The molecule has 4 heterocycles. The van der Waals surface area contributed by atoms with Gasteiger partial charge in [0.15, 0.2) is 5.65 Å². The standard InChI is InChI=1S/C18H17BrN4OS/c1-10-12-5-7-25-15(12)4-6-22(10)18(24)13-8-14(11-2-3-11)23-17(20-13)9-16(19)21-23/h5,7-11H,2-4,6H2,1H3/t10-/m1/s1. The molecule has 1 atom stereocenters. The number of fused-ring (bicyclic) bond motifs is 2. The zero-order valence-corrected chi connectivity index (χ0v) is 16.2. The van der Waals surface area contributed by atoms with Gasteiger partial charge in [-0.15, -0.1) is 11.3 Å². The molecule has 1 fully saturated rings. The van der Waals surface area contributed by atoms with E-state index in [4.69, 9.17) is 0 Å². The molecule has 1 aliphatic heterocycles. The van der Waals surface area contributed by atoms with Gasteiger partial charge in [-0.3, -0.25) is 4.79 Å². The zero-order chi connectivity index (χ0) is 17.1. The smallest absolute Gasteiger partial charge is 0.273 e. The Balaban J connectivity index is 1.56. The highest BCUT2D eigenvalue weighted by molar-refractivity contribution is 9.10. The Morgan fingerprint density at radius 2 is 2.20 bits per heavy atom. The summed E-state index contributed by atoms with van der Waals surface area (Å²) >= 11 is 5.21. The second-order valence-corrected chi connectivity index (χ2v) is 8.61. The molecule has 0 radical (unpaired) electrons. The van der Waals surface area contributed by atoms with Gasteiger partial charge in [-0.25, -0.2) is 9.50 Å². The van der Waals surface area contributed by atoms with Crippen molar-refractivity contribution in [3.05, 3.63) is 50.0 Å². The van der Waals surface area contributed by atoms with Gasteiger partial charge in [-0.2, -0.15) is 5.10 Å². The predicted octanol–water partition coefficient (Wildman–Crippen LogP) is 4.19. The average Bonchev–Trinajstić information content (AvgIpc) is 3.19. The van der Waals surface area contributed by atoms with E-state index < -0.39 is 0 Å². The Morgan fingerprint density at radius 3 is 3.00 bits per heavy atom. The van der Waals surface area contributed by atoms with Crippen molar-refractivity contribution in [3.8, 4) is 0 Å². The summed E-state index contributed by atoms with van der Waals surface area (Å²) in [5.74, 6) is 0.511. The number of hydrogen-bond donors (Lipinski definition) is 0. The molecule has 128 valence electrons. The first kappa shape index (κ1) is 15.5. The fourth-order valence-corrected chi connectivity index (χ4v) is 5.01. The molecule has 3 aromatic rings. The Morgan fingerprint density at radius 1 is 1.36 bits per heavy atom. The third-order valence-electron chi connectivity index (χ3n) is 5.18. The van der Waals surface area contributed by atoms with E-state index in [-0.39, 0.29) is 11.9 Å². The van der Waals surface area contributed by atoms with Crippen molar-refractivity contribution >= 4 is 38.8 Å². The predicted molar refractivity (Wildman–Crippen MR) is 100 cm³/mol. The summed E-state index contributed by atoms with van der Waals surface area (Å²) in [6, 6.07) is 6.06. The minimum absolute atomic E-state index is 0.0195.